The first-order valence-electron chi connectivity index (χ1n) is 10.7. The van der Waals surface area contributed by atoms with E-state index in [9.17, 15) is 14.4 Å². The summed E-state index contributed by atoms with van der Waals surface area (Å²) >= 11 is 1.35. The molecule has 8 heteroatoms. The Morgan fingerprint density at radius 1 is 1.06 bits per heavy atom. The van der Waals surface area contributed by atoms with Gasteiger partial charge < -0.3 is 15.5 Å². The lowest BCUT2D eigenvalue weighted by molar-refractivity contribution is -0.122. The highest BCUT2D eigenvalue weighted by Gasteiger charge is 2.31. The standard InChI is InChI=1S/C23H28N4O3S/c1-16-13-20(25-22(29)18-7-8-18)31-21(16)23(30)27-11-9-26(10-12-27)15-19(28)24-14-17-5-3-2-4-6-17/h2-6,13,18H,7-12,14-15H2,1H3,(H,24,28)(H,25,29). The molecule has 1 saturated heterocycles. The summed E-state index contributed by atoms with van der Waals surface area (Å²) in [6, 6.07) is 11.7. The molecule has 0 atom stereocenters. The lowest BCUT2D eigenvalue weighted by Crippen LogP contribution is -2.51. The summed E-state index contributed by atoms with van der Waals surface area (Å²) < 4.78 is 0. The molecule has 1 aliphatic heterocycles. The minimum absolute atomic E-state index is 0.00241. The number of nitrogens with one attached hydrogen (secondary N) is 2. The number of hydrogen-bond donors (Lipinski definition) is 2. The van der Waals surface area contributed by atoms with Crippen LogP contribution in [0.25, 0.3) is 0 Å². The van der Waals surface area contributed by atoms with Crippen LogP contribution in [-0.4, -0.2) is 60.2 Å². The molecule has 0 unspecified atom stereocenters. The Labute approximate surface area is 186 Å². The van der Waals surface area contributed by atoms with Gasteiger partial charge in [-0.2, -0.15) is 0 Å². The van der Waals surface area contributed by atoms with Crippen LogP contribution in [0.1, 0.15) is 33.6 Å². The van der Waals surface area contributed by atoms with Gasteiger partial charge in [-0.25, -0.2) is 0 Å². The van der Waals surface area contributed by atoms with Crippen LogP contribution in [0.4, 0.5) is 5.00 Å². The van der Waals surface area contributed by atoms with Crippen molar-refractivity contribution in [3.63, 3.8) is 0 Å². The first kappa shape index (κ1) is 21.5. The van der Waals surface area contributed by atoms with Gasteiger partial charge in [0.05, 0.1) is 16.4 Å². The number of carbonyl (C=O) groups excluding carboxylic acids is 3. The third-order valence-electron chi connectivity index (χ3n) is 5.67. The Kier molecular flexibility index (Phi) is 6.67. The van der Waals surface area contributed by atoms with Gasteiger partial charge >= 0.3 is 0 Å². The average Bonchev–Trinajstić information content (AvgIpc) is 3.56. The van der Waals surface area contributed by atoms with Crippen LogP contribution in [0.3, 0.4) is 0 Å². The Bertz CT molecular complexity index is 947. The molecule has 1 aliphatic carbocycles. The van der Waals surface area contributed by atoms with Gasteiger partial charge in [-0.3, -0.25) is 19.3 Å². The summed E-state index contributed by atoms with van der Waals surface area (Å²) in [5, 5.41) is 6.62. The molecule has 4 rings (SSSR count). The van der Waals surface area contributed by atoms with Gasteiger partial charge in [0.15, 0.2) is 0 Å². The molecule has 0 spiro atoms. The zero-order valence-corrected chi connectivity index (χ0v) is 18.5. The van der Waals surface area contributed by atoms with Gasteiger partial charge in [-0.1, -0.05) is 30.3 Å². The van der Waals surface area contributed by atoms with E-state index in [1.54, 1.807) is 0 Å². The second-order valence-electron chi connectivity index (χ2n) is 8.22. The fourth-order valence-electron chi connectivity index (χ4n) is 3.63. The van der Waals surface area contributed by atoms with E-state index >= 15 is 0 Å². The van der Waals surface area contributed by atoms with Crippen molar-refractivity contribution in [3.05, 3.63) is 52.4 Å². The first-order chi connectivity index (χ1) is 15.0. The van der Waals surface area contributed by atoms with Crippen LogP contribution in [0.2, 0.25) is 0 Å². The van der Waals surface area contributed by atoms with E-state index in [4.69, 9.17) is 0 Å². The van der Waals surface area contributed by atoms with Crippen LogP contribution in [0.5, 0.6) is 0 Å². The summed E-state index contributed by atoms with van der Waals surface area (Å²) in [6.45, 7) is 5.28. The number of hydrogen-bond acceptors (Lipinski definition) is 5. The number of anilines is 1. The highest BCUT2D eigenvalue weighted by molar-refractivity contribution is 7.18. The molecule has 1 saturated carbocycles. The molecular formula is C23H28N4O3S. The number of carbonyl (C=O) groups is 3. The molecule has 0 bridgehead atoms. The Morgan fingerprint density at radius 3 is 2.45 bits per heavy atom. The third-order valence-corrected chi connectivity index (χ3v) is 6.81. The van der Waals surface area contributed by atoms with E-state index < -0.39 is 0 Å². The van der Waals surface area contributed by atoms with E-state index in [2.05, 4.69) is 15.5 Å². The molecule has 0 radical (unpaired) electrons. The van der Waals surface area contributed by atoms with Crippen LogP contribution in [0.15, 0.2) is 36.4 Å². The van der Waals surface area contributed by atoms with Crippen molar-refractivity contribution in [2.75, 3.05) is 38.0 Å². The van der Waals surface area contributed by atoms with Gasteiger partial charge in [-0.05, 0) is 37.0 Å². The highest BCUT2D eigenvalue weighted by atomic mass is 32.1. The van der Waals surface area contributed by atoms with Crippen LogP contribution < -0.4 is 10.6 Å². The lowest BCUT2D eigenvalue weighted by Gasteiger charge is -2.34. The second kappa shape index (κ2) is 9.62. The number of rotatable bonds is 7. The van der Waals surface area contributed by atoms with Crippen molar-refractivity contribution in [2.45, 2.75) is 26.3 Å². The monoisotopic (exact) mass is 440 g/mol. The number of amides is 3. The topological polar surface area (TPSA) is 81.8 Å². The van der Waals surface area contributed by atoms with E-state index in [0.717, 1.165) is 29.0 Å². The summed E-state index contributed by atoms with van der Waals surface area (Å²) in [5.41, 5.74) is 1.97. The minimum atomic E-state index is -0.00576. The predicted octanol–water partition coefficient (Wildman–Crippen LogP) is 2.48. The number of thiophene rings is 1. The Hall–Kier alpha value is -2.71. The van der Waals surface area contributed by atoms with Crippen LogP contribution in [-0.2, 0) is 16.1 Å². The lowest BCUT2D eigenvalue weighted by atomic mass is 10.2. The first-order valence-corrected chi connectivity index (χ1v) is 11.5. The highest BCUT2D eigenvalue weighted by Crippen LogP contribution is 2.33. The number of aryl methyl sites for hydroxylation is 1. The van der Waals surface area contributed by atoms with Crippen molar-refractivity contribution in [3.8, 4) is 0 Å². The summed E-state index contributed by atoms with van der Waals surface area (Å²) in [5.74, 6) is 0.190. The van der Waals surface area contributed by atoms with Crippen molar-refractivity contribution in [1.29, 1.82) is 0 Å². The second-order valence-corrected chi connectivity index (χ2v) is 9.27. The van der Waals surface area contributed by atoms with Gasteiger partial charge in [-0.15, -0.1) is 11.3 Å². The SMILES string of the molecule is Cc1cc(NC(=O)C2CC2)sc1C(=O)N1CCN(CC(=O)NCc2ccccc2)CC1. The Morgan fingerprint density at radius 2 is 1.77 bits per heavy atom. The molecule has 31 heavy (non-hydrogen) atoms. The van der Waals surface area contributed by atoms with Crippen molar-refractivity contribution in [2.24, 2.45) is 5.92 Å². The maximum atomic E-state index is 13.0. The molecule has 2 fully saturated rings. The van der Waals surface area contributed by atoms with Crippen LogP contribution in [0, 0.1) is 12.8 Å². The predicted molar refractivity (Wildman–Crippen MR) is 121 cm³/mol. The van der Waals surface area contributed by atoms with Crippen molar-refractivity contribution >= 4 is 34.1 Å². The average molecular weight is 441 g/mol. The van der Waals surface area contributed by atoms with E-state index in [0.29, 0.717) is 44.1 Å². The molecule has 2 aromatic rings. The number of benzene rings is 1. The molecule has 7 nitrogen and oxygen atoms in total. The van der Waals surface area contributed by atoms with Crippen molar-refractivity contribution in [1.82, 2.24) is 15.1 Å². The smallest absolute Gasteiger partial charge is 0.264 e. The molecule has 3 amide bonds. The summed E-state index contributed by atoms with van der Waals surface area (Å²) in [6.07, 6.45) is 1.91. The van der Waals surface area contributed by atoms with Gasteiger partial charge in [0.25, 0.3) is 5.91 Å². The summed E-state index contributed by atoms with van der Waals surface area (Å²) in [7, 11) is 0. The van der Waals surface area contributed by atoms with E-state index in [-0.39, 0.29) is 23.6 Å². The third kappa shape index (κ3) is 5.71. The van der Waals surface area contributed by atoms with Crippen molar-refractivity contribution < 1.29 is 14.4 Å². The summed E-state index contributed by atoms with van der Waals surface area (Å²) in [4.78, 5) is 41.8. The number of piperazine rings is 1. The number of nitrogens with zero attached hydrogens (tertiary/aromatic N) is 2. The molecule has 1 aromatic carbocycles. The Balaban J connectivity index is 1.23. The van der Waals surface area contributed by atoms with Gasteiger partial charge in [0.2, 0.25) is 11.8 Å². The minimum Gasteiger partial charge on any atom is -0.351 e. The molecular weight excluding hydrogens is 412 g/mol. The maximum absolute atomic E-state index is 13.0. The molecule has 1 aromatic heterocycles. The zero-order chi connectivity index (χ0) is 21.8. The van der Waals surface area contributed by atoms with Gasteiger partial charge in [0.1, 0.15) is 0 Å². The quantitative estimate of drug-likeness (QED) is 0.693. The van der Waals surface area contributed by atoms with E-state index in [1.165, 1.54) is 11.3 Å². The normalized spacial score (nSPS) is 16.7. The maximum Gasteiger partial charge on any atom is 0.264 e. The molecule has 2 heterocycles. The fraction of sp³-hybridized carbons (Fsp3) is 0.435. The molecule has 2 aliphatic rings. The largest absolute Gasteiger partial charge is 0.351 e. The molecule has 2 N–H and O–H groups in total. The molecule has 164 valence electrons. The van der Waals surface area contributed by atoms with Crippen LogP contribution >= 0.6 is 11.3 Å². The zero-order valence-electron chi connectivity index (χ0n) is 17.7. The fourth-order valence-corrected chi connectivity index (χ4v) is 4.68. The van der Waals surface area contributed by atoms with E-state index in [1.807, 2.05) is 48.2 Å². The van der Waals surface area contributed by atoms with Gasteiger partial charge in [0, 0.05) is 38.6 Å².